The van der Waals surface area contributed by atoms with E-state index in [-0.39, 0.29) is 0 Å². The van der Waals surface area contributed by atoms with Gasteiger partial charge in [-0.1, -0.05) is 44.2 Å². The number of hydrogen-bond donors (Lipinski definition) is 0. The maximum Gasteiger partial charge on any atom is 0.110 e. The Morgan fingerprint density at radius 1 is 1.06 bits per heavy atom. The van der Waals surface area contributed by atoms with Crippen molar-refractivity contribution >= 4 is 15.9 Å². The first-order chi connectivity index (χ1) is 8.27. The van der Waals surface area contributed by atoms with Gasteiger partial charge in [0.2, 0.25) is 0 Å². The second kappa shape index (κ2) is 5.46. The molecule has 0 unspecified atom stereocenters. The Hall–Kier alpha value is -1.15. The molecule has 2 aromatic rings. The fourth-order valence-corrected chi connectivity index (χ4v) is 2.72. The molecule has 0 bridgehead atoms. The fraction of sp³-hybridized carbons (Fsp3) is 0.267. The Morgan fingerprint density at radius 2 is 1.71 bits per heavy atom. The molecule has 17 heavy (non-hydrogen) atoms. The third kappa shape index (κ3) is 2.42. The van der Waals surface area contributed by atoms with Gasteiger partial charge in [-0.05, 0) is 45.5 Å². The molecule has 1 radical (unpaired) electrons. The molecule has 0 aliphatic carbocycles. The maximum atomic E-state index is 4.33. The van der Waals surface area contributed by atoms with Crippen LogP contribution >= 0.6 is 15.9 Å². The molecule has 1 aromatic carbocycles. The molecule has 0 aliphatic heterocycles. The van der Waals surface area contributed by atoms with Crippen LogP contribution in [-0.4, -0.2) is 4.98 Å². The number of halogens is 1. The summed E-state index contributed by atoms with van der Waals surface area (Å²) in [5.41, 5.74) is 4.97. The van der Waals surface area contributed by atoms with Crippen molar-refractivity contribution in [2.75, 3.05) is 0 Å². The highest BCUT2D eigenvalue weighted by atomic mass is 79.9. The van der Waals surface area contributed by atoms with Gasteiger partial charge < -0.3 is 0 Å². The van der Waals surface area contributed by atoms with Crippen LogP contribution in [0.1, 0.15) is 25.0 Å². The predicted molar refractivity (Wildman–Crippen MR) is 75.0 cm³/mol. The van der Waals surface area contributed by atoms with Crippen LogP contribution in [0.5, 0.6) is 0 Å². The average molecular weight is 289 g/mol. The van der Waals surface area contributed by atoms with E-state index >= 15 is 0 Å². The van der Waals surface area contributed by atoms with E-state index in [4.69, 9.17) is 0 Å². The largest absolute Gasteiger partial charge is 0.238 e. The van der Waals surface area contributed by atoms with Crippen LogP contribution < -0.4 is 0 Å². The summed E-state index contributed by atoms with van der Waals surface area (Å²) in [6, 6.07) is 10.4. The summed E-state index contributed by atoms with van der Waals surface area (Å²) in [6.45, 7) is 4.34. The number of aromatic nitrogens is 1. The standard InChI is InChI=1S/C15H15BrN/c1-3-12-13(4-2)15(16)17-10-14(12)11-8-6-5-7-9-11/h5-9H,3-4H2,1-2H3. The summed E-state index contributed by atoms with van der Waals surface area (Å²) in [6.07, 6.45) is 5.15. The Morgan fingerprint density at radius 3 is 2.29 bits per heavy atom. The van der Waals surface area contributed by atoms with Crippen molar-refractivity contribution in [3.63, 3.8) is 0 Å². The van der Waals surface area contributed by atoms with Crippen LogP contribution in [-0.2, 0) is 12.8 Å². The summed E-state index contributed by atoms with van der Waals surface area (Å²) >= 11 is 3.51. The monoisotopic (exact) mass is 288 g/mol. The quantitative estimate of drug-likeness (QED) is 0.761. The molecule has 2 rings (SSSR count). The highest BCUT2D eigenvalue weighted by Gasteiger charge is 2.12. The third-order valence-electron chi connectivity index (χ3n) is 2.95. The maximum absolute atomic E-state index is 4.33. The van der Waals surface area contributed by atoms with E-state index in [1.807, 2.05) is 6.07 Å². The summed E-state index contributed by atoms with van der Waals surface area (Å²) in [4.78, 5) is 4.33. The first-order valence-electron chi connectivity index (χ1n) is 5.92. The number of pyridine rings is 1. The van der Waals surface area contributed by atoms with Gasteiger partial charge in [0.25, 0.3) is 0 Å². The van der Waals surface area contributed by atoms with E-state index in [0.717, 1.165) is 23.0 Å². The van der Waals surface area contributed by atoms with Crippen LogP contribution in [0.25, 0.3) is 11.1 Å². The molecule has 1 aromatic heterocycles. The van der Waals surface area contributed by atoms with Crippen LogP contribution in [0.15, 0.2) is 34.9 Å². The van der Waals surface area contributed by atoms with Gasteiger partial charge in [-0.25, -0.2) is 4.98 Å². The predicted octanol–water partition coefficient (Wildman–Crippen LogP) is 4.44. The fourth-order valence-electron chi connectivity index (χ4n) is 2.11. The first kappa shape index (κ1) is 12.3. The van der Waals surface area contributed by atoms with E-state index < -0.39 is 0 Å². The smallest absolute Gasteiger partial charge is 0.110 e. The minimum Gasteiger partial charge on any atom is -0.238 e. The van der Waals surface area contributed by atoms with Crippen molar-refractivity contribution in [3.8, 4) is 11.1 Å². The van der Waals surface area contributed by atoms with Gasteiger partial charge in [-0.2, -0.15) is 0 Å². The number of benzene rings is 1. The molecule has 1 heterocycles. The molecule has 1 nitrogen and oxygen atoms in total. The molecule has 0 atom stereocenters. The van der Waals surface area contributed by atoms with E-state index in [1.54, 1.807) is 0 Å². The number of rotatable bonds is 3. The minimum atomic E-state index is 0.927. The minimum absolute atomic E-state index is 0.927. The third-order valence-corrected chi connectivity index (χ3v) is 3.61. The van der Waals surface area contributed by atoms with Gasteiger partial charge in [0, 0.05) is 5.56 Å². The number of hydrogen-bond acceptors (Lipinski definition) is 1. The van der Waals surface area contributed by atoms with Gasteiger partial charge in [-0.3, -0.25) is 0 Å². The van der Waals surface area contributed by atoms with Crippen LogP contribution in [0.3, 0.4) is 0 Å². The average Bonchev–Trinajstić information content (AvgIpc) is 2.39. The van der Waals surface area contributed by atoms with E-state index in [9.17, 15) is 0 Å². The summed E-state index contributed by atoms with van der Waals surface area (Å²) in [5.74, 6) is 0. The summed E-state index contributed by atoms with van der Waals surface area (Å²) in [5, 5.41) is 0. The molecule has 0 aliphatic rings. The molecule has 87 valence electrons. The highest BCUT2D eigenvalue weighted by Crippen LogP contribution is 2.29. The van der Waals surface area contributed by atoms with Gasteiger partial charge in [0.1, 0.15) is 4.60 Å². The lowest BCUT2D eigenvalue weighted by Crippen LogP contribution is -1.99. The van der Waals surface area contributed by atoms with Crippen molar-refractivity contribution in [3.05, 3.63) is 52.3 Å². The zero-order valence-corrected chi connectivity index (χ0v) is 11.7. The molecule has 0 amide bonds. The van der Waals surface area contributed by atoms with Crippen molar-refractivity contribution in [2.45, 2.75) is 26.7 Å². The molecule has 0 fully saturated rings. The first-order valence-corrected chi connectivity index (χ1v) is 6.71. The molecule has 0 saturated carbocycles. The molecule has 0 N–H and O–H groups in total. The summed E-state index contributed by atoms with van der Waals surface area (Å²) < 4.78 is 0.927. The molecular weight excluding hydrogens is 274 g/mol. The molecule has 2 heteroatoms. The SMILES string of the molecule is CCc1c(-c2ccccc2)[c]nc(Br)c1CC. The van der Waals surface area contributed by atoms with Crippen LogP contribution in [0.4, 0.5) is 0 Å². The van der Waals surface area contributed by atoms with Crippen molar-refractivity contribution in [1.29, 1.82) is 0 Å². The highest BCUT2D eigenvalue weighted by molar-refractivity contribution is 9.10. The van der Waals surface area contributed by atoms with Crippen molar-refractivity contribution in [2.24, 2.45) is 0 Å². The summed E-state index contributed by atoms with van der Waals surface area (Å²) in [7, 11) is 0. The molecule has 0 spiro atoms. The van der Waals surface area contributed by atoms with Crippen molar-refractivity contribution in [1.82, 2.24) is 4.98 Å². The van der Waals surface area contributed by atoms with Gasteiger partial charge >= 0.3 is 0 Å². The topological polar surface area (TPSA) is 12.9 Å². The molecule has 0 saturated heterocycles. The van der Waals surface area contributed by atoms with Gasteiger partial charge in [0.05, 0.1) is 6.20 Å². The lowest BCUT2D eigenvalue weighted by molar-refractivity contribution is 0.996. The zero-order valence-electron chi connectivity index (χ0n) is 10.1. The van der Waals surface area contributed by atoms with Gasteiger partial charge in [-0.15, -0.1) is 0 Å². The zero-order chi connectivity index (χ0) is 12.3. The normalized spacial score (nSPS) is 10.5. The second-order valence-corrected chi connectivity index (χ2v) is 4.67. The Balaban J connectivity index is 2.63. The Bertz CT molecular complexity index is 506. The van der Waals surface area contributed by atoms with E-state index in [1.165, 1.54) is 16.7 Å². The molecular formula is C15H15BrN. The lowest BCUT2D eigenvalue weighted by Gasteiger charge is -2.13. The van der Waals surface area contributed by atoms with Gasteiger partial charge in [0.15, 0.2) is 0 Å². The van der Waals surface area contributed by atoms with E-state index in [0.29, 0.717) is 0 Å². The van der Waals surface area contributed by atoms with E-state index in [2.05, 4.69) is 65.2 Å². The number of nitrogens with zero attached hydrogens (tertiary/aromatic N) is 1. The van der Waals surface area contributed by atoms with Crippen molar-refractivity contribution < 1.29 is 0 Å². The van der Waals surface area contributed by atoms with Crippen LogP contribution in [0.2, 0.25) is 0 Å². The van der Waals surface area contributed by atoms with Crippen LogP contribution in [0, 0.1) is 6.20 Å². The Kier molecular flexibility index (Phi) is 3.95. The lowest BCUT2D eigenvalue weighted by atomic mass is 9.95. The second-order valence-electron chi connectivity index (χ2n) is 3.92. The Labute approximate surface area is 111 Å².